The number of carbonyl (C=O) groups is 3. The summed E-state index contributed by atoms with van der Waals surface area (Å²) in [4.78, 5) is 34.8. The fourth-order valence-corrected chi connectivity index (χ4v) is 1.81. The van der Waals surface area contributed by atoms with Gasteiger partial charge in [-0.1, -0.05) is 13.8 Å². The van der Waals surface area contributed by atoms with Crippen molar-refractivity contribution in [3.8, 4) is 0 Å². The van der Waals surface area contributed by atoms with Crippen LogP contribution in [0.4, 0.5) is 0 Å². The third kappa shape index (κ3) is 3.81. The van der Waals surface area contributed by atoms with Crippen LogP contribution in [0.2, 0.25) is 0 Å². The predicted octanol–water partition coefficient (Wildman–Crippen LogP) is -0.0233. The molecule has 0 aromatic carbocycles. The lowest BCUT2D eigenvalue weighted by Crippen LogP contribution is -2.43. The lowest BCUT2D eigenvalue weighted by atomic mass is 10.2. The molecule has 0 aliphatic carbocycles. The summed E-state index contributed by atoms with van der Waals surface area (Å²) in [5.41, 5.74) is 0. The second-order valence-corrected chi connectivity index (χ2v) is 4.44. The van der Waals surface area contributed by atoms with E-state index in [1.165, 1.54) is 0 Å². The van der Waals surface area contributed by atoms with E-state index in [0.29, 0.717) is 0 Å². The van der Waals surface area contributed by atoms with Crippen molar-refractivity contribution < 1.29 is 19.5 Å². The van der Waals surface area contributed by atoms with E-state index in [2.05, 4.69) is 5.32 Å². The molecule has 0 radical (unpaired) electrons. The van der Waals surface area contributed by atoms with Gasteiger partial charge in [0.2, 0.25) is 11.8 Å². The van der Waals surface area contributed by atoms with Crippen LogP contribution >= 0.6 is 0 Å². The van der Waals surface area contributed by atoms with Crippen molar-refractivity contribution in [2.24, 2.45) is 0 Å². The van der Waals surface area contributed by atoms with Crippen molar-refractivity contribution >= 4 is 17.8 Å². The highest BCUT2D eigenvalue weighted by Crippen LogP contribution is 2.12. The van der Waals surface area contributed by atoms with Gasteiger partial charge in [0.15, 0.2) is 0 Å². The van der Waals surface area contributed by atoms with Gasteiger partial charge in [0, 0.05) is 25.4 Å². The van der Waals surface area contributed by atoms with Crippen molar-refractivity contribution in [3.63, 3.8) is 0 Å². The summed E-state index contributed by atoms with van der Waals surface area (Å²) in [6, 6.07) is -0.683. The Hall–Kier alpha value is -1.43. The number of carboxylic acid groups (broad SMARTS) is 1. The second-order valence-electron chi connectivity index (χ2n) is 4.44. The van der Waals surface area contributed by atoms with Gasteiger partial charge in [-0.05, 0) is 6.42 Å². The summed E-state index contributed by atoms with van der Waals surface area (Å²) < 4.78 is 0. The van der Waals surface area contributed by atoms with Crippen LogP contribution in [0.5, 0.6) is 0 Å². The number of likely N-dealkylation sites (tertiary alicyclic amines) is 1. The number of carbonyl (C=O) groups excluding carboxylic acids is 2. The Labute approximate surface area is 100.0 Å². The minimum atomic E-state index is -0.960. The Kier molecular flexibility index (Phi) is 4.62. The van der Waals surface area contributed by atoms with Crippen LogP contribution in [-0.2, 0) is 14.4 Å². The molecule has 1 rings (SSSR count). The standard InChI is InChI=1S/C11H18N2O4/c1-7(2)12-8(11(16)17)5-6-13-9(14)3-4-10(13)15/h7-8,12H,3-6H2,1-2H3,(H,16,17). The zero-order valence-corrected chi connectivity index (χ0v) is 10.1. The maximum Gasteiger partial charge on any atom is 0.320 e. The van der Waals surface area contributed by atoms with Crippen LogP contribution in [0, 0.1) is 0 Å². The summed E-state index contributed by atoms with van der Waals surface area (Å²) in [6.07, 6.45) is 0.730. The quantitative estimate of drug-likeness (QED) is 0.639. The maximum atomic E-state index is 11.3. The molecular weight excluding hydrogens is 224 g/mol. The minimum absolute atomic E-state index is 0.0427. The molecule has 96 valence electrons. The summed E-state index contributed by atoms with van der Waals surface area (Å²) in [7, 11) is 0. The van der Waals surface area contributed by atoms with E-state index < -0.39 is 12.0 Å². The van der Waals surface area contributed by atoms with Crippen molar-refractivity contribution in [2.75, 3.05) is 6.54 Å². The smallest absolute Gasteiger partial charge is 0.320 e. The predicted molar refractivity (Wildman–Crippen MR) is 60.3 cm³/mol. The molecule has 1 atom stereocenters. The zero-order valence-electron chi connectivity index (χ0n) is 10.1. The Balaban J connectivity index is 2.49. The number of nitrogens with zero attached hydrogens (tertiary/aromatic N) is 1. The van der Waals surface area contributed by atoms with Gasteiger partial charge in [-0.15, -0.1) is 0 Å². The van der Waals surface area contributed by atoms with Crippen LogP contribution in [0.15, 0.2) is 0 Å². The monoisotopic (exact) mass is 242 g/mol. The van der Waals surface area contributed by atoms with Crippen molar-refractivity contribution in [2.45, 2.75) is 45.2 Å². The van der Waals surface area contributed by atoms with Gasteiger partial charge in [-0.2, -0.15) is 0 Å². The fourth-order valence-electron chi connectivity index (χ4n) is 1.81. The molecule has 1 heterocycles. The average molecular weight is 242 g/mol. The number of aliphatic carboxylic acids is 1. The first-order chi connectivity index (χ1) is 7.91. The molecule has 1 fully saturated rings. The topological polar surface area (TPSA) is 86.7 Å². The Bertz CT molecular complexity index is 311. The largest absolute Gasteiger partial charge is 0.480 e. The van der Waals surface area contributed by atoms with E-state index in [1.807, 2.05) is 13.8 Å². The maximum absolute atomic E-state index is 11.3. The van der Waals surface area contributed by atoms with E-state index in [-0.39, 0.29) is 43.7 Å². The van der Waals surface area contributed by atoms with E-state index in [0.717, 1.165) is 4.90 Å². The molecule has 1 aliphatic rings. The van der Waals surface area contributed by atoms with Crippen LogP contribution in [-0.4, -0.2) is 46.4 Å². The molecule has 2 N–H and O–H groups in total. The molecule has 0 spiro atoms. The van der Waals surface area contributed by atoms with Crippen LogP contribution in [0.3, 0.4) is 0 Å². The van der Waals surface area contributed by atoms with Crippen LogP contribution < -0.4 is 5.32 Å². The average Bonchev–Trinajstić information content (AvgIpc) is 2.53. The van der Waals surface area contributed by atoms with E-state index in [1.54, 1.807) is 0 Å². The highest BCUT2D eigenvalue weighted by molar-refractivity contribution is 6.01. The van der Waals surface area contributed by atoms with E-state index in [4.69, 9.17) is 5.11 Å². The van der Waals surface area contributed by atoms with Gasteiger partial charge in [0.05, 0.1) is 0 Å². The van der Waals surface area contributed by atoms with Crippen molar-refractivity contribution in [1.29, 1.82) is 0 Å². The van der Waals surface area contributed by atoms with Crippen molar-refractivity contribution in [3.05, 3.63) is 0 Å². The third-order valence-electron chi connectivity index (χ3n) is 2.63. The van der Waals surface area contributed by atoms with E-state index in [9.17, 15) is 14.4 Å². The number of carboxylic acids is 1. The Morgan fingerprint density at radius 3 is 2.29 bits per heavy atom. The molecular formula is C11H18N2O4. The Morgan fingerprint density at radius 2 is 1.88 bits per heavy atom. The third-order valence-corrected chi connectivity index (χ3v) is 2.63. The van der Waals surface area contributed by atoms with E-state index >= 15 is 0 Å². The normalized spacial score (nSPS) is 17.9. The van der Waals surface area contributed by atoms with Crippen molar-refractivity contribution in [1.82, 2.24) is 10.2 Å². The lowest BCUT2D eigenvalue weighted by Gasteiger charge is -2.20. The number of rotatable bonds is 6. The first-order valence-electron chi connectivity index (χ1n) is 5.74. The molecule has 0 aromatic rings. The number of imide groups is 1. The van der Waals surface area contributed by atoms with Crippen LogP contribution in [0.25, 0.3) is 0 Å². The Morgan fingerprint density at radius 1 is 1.35 bits per heavy atom. The molecule has 0 saturated carbocycles. The van der Waals surface area contributed by atoms with Crippen LogP contribution in [0.1, 0.15) is 33.1 Å². The van der Waals surface area contributed by atoms with Gasteiger partial charge in [-0.25, -0.2) is 0 Å². The number of amides is 2. The summed E-state index contributed by atoms with van der Waals surface area (Å²) in [5, 5.41) is 11.9. The second kappa shape index (κ2) is 5.77. The molecule has 1 unspecified atom stereocenters. The van der Waals surface area contributed by atoms with Gasteiger partial charge < -0.3 is 10.4 Å². The minimum Gasteiger partial charge on any atom is -0.480 e. The molecule has 6 heteroatoms. The van der Waals surface area contributed by atoms with Gasteiger partial charge in [0.25, 0.3) is 0 Å². The lowest BCUT2D eigenvalue weighted by molar-refractivity contribution is -0.143. The fraction of sp³-hybridized carbons (Fsp3) is 0.727. The van der Waals surface area contributed by atoms with Gasteiger partial charge in [0.1, 0.15) is 6.04 Å². The molecule has 0 bridgehead atoms. The first kappa shape index (κ1) is 13.6. The zero-order chi connectivity index (χ0) is 13.0. The molecule has 1 aliphatic heterocycles. The molecule has 0 aromatic heterocycles. The van der Waals surface area contributed by atoms with Gasteiger partial charge >= 0.3 is 5.97 Å². The number of hydrogen-bond acceptors (Lipinski definition) is 4. The summed E-state index contributed by atoms with van der Waals surface area (Å²) in [6.45, 7) is 3.87. The number of nitrogens with one attached hydrogen (secondary N) is 1. The molecule has 1 saturated heterocycles. The number of hydrogen-bond donors (Lipinski definition) is 2. The van der Waals surface area contributed by atoms with Gasteiger partial charge in [-0.3, -0.25) is 19.3 Å². The highest BCUT2D eigenvalue weighted by Gasteiger charge is 2.30. The highest BCUT2D eigenvalue weighted by atomic mass is 16.4. The molecule has 2 amide bonds. The summed E-state index contributed by atoms with van der Waals surface area (Å²) >= 11 is 0. The molecule has 6 nitrogen and oxygen atoms in total. The molecule has 17 heavy (non-hydrogen) atoms. The first-order valence-corrected chi connectivity index (χ1v) is 5.74. The summed E-state index contributed by atoms with van der Waals surface area (Å²) in [5.74, 6) is -1.37. The SMILES string of the molecule is CC(C)NC(CCN1C(=O)CCC1=O)C(=O)O.